The van der Waals surface area contributed by atoms with Crippen molar-refractivity contribution in [2.75, 3.05) is 14.2 Å². The normalized spacial score (nSPS) is 33.6. The van der Waals surface area contributed by atoms with Gasteiger partial charge in [0.1, 0.15) is 5.54 Å². The first-order chi connectivity index (χ1) is 6.71. The second-order valence-corrected chi connectivity index (χ2v) is 3.70. The van der Waals surface area contributed by atoms with Crippen molar-refractivity contribution in [3.8, 4) is 0 Å². The summed E-state index contributed by atoms with van der Waals surface area (Å²) in [5.74, 6) is -0.848. The van der Waals surface area contributed by atoms with Gasteiger partial charge in [-0.25, -0.2) is 0 Å². The Morgan fingerprint density at radius 1 is 1.31 bits per heavy atom. The topological polar surface area (TPSA) is 61.5 Å². The highest BCUT2D eigenvalue weighted by molar-refractivity contribution is 5.85. The fraction of sp³-hybridized carbons (Fsp3) is 0.875. The van der Waals surface area contributed by atoms with E-state index in [2.05, 4.69) is 9.47 Å². The molecule has 16 heavy (non-hydrogen) atoms. The molecule has 4 nitrogen and oxygen atoms in total. The van der Waals surface area contributed by atoms with Crippen LogP contribution < -0.4 is 5.73 Å². The molecule has 1 aliphatic carbocycles. The van der Waals surface area contributed by atoms with Crippen LogP contribution in [0.3, 0.4) is 0 Å². The second-order valence-electron chi connectivity index (χ2n) is 3.70. The predicted molar refractivity (Wildman–Crippen MR) is 51.2 cm³/mol. The quantitative estimate of drug-likeness (QED) is 0.756. The molecule has 0 unspecified atom stereocenters. The lowest BCUT2D eigenvalue weighted by atomic mass is 9.64. The molecule has 0 radical (unpaired) electrons. The number of carbonyl (C=O) groups excluding carboxylic acids is 1. The number of methoxy groups -OCH3 is 2. The van der Waals surface area contributed by atoms with Crippen LogP contribution in [-0.4, -0.2) is 37.5 Å². The Hall–Kier alpha value is -0.530. The first-order valence-corrected chi connectivity index (χ1v) is 4.20. The van der Waals surface area contributed by atoms with E-state index in [9.17, 15) is 18.0 Å². The van der Waals surface area contributed by atoms with E-state index in [0.29, 0.717) is 0 Å². The van der Waals surface area contributed by atoms with E-state index in [4.69, 9.17) is 5.73 Å². The minimum Gasteiger partial charge on any atom is -0.468 e. The summed E-state index contributed by atoms with van der Waals surface area (Å²) in [7, 11) is 2.03. The zero-order chi connectivity index (χ0) is 11.9. The van der Waals surface area contributed by atoms with E-state index in [1.54, 1.807) is 0 Å². The van der Waals surface area contributed by atoms with Crippen LogP contribution in [0.25, 0.3) is 0 Å². The summed E-state index contributed by atoms with van der Waals surface area (Å²) in [5, 5.41) is 0. The fourth-order valence-electron chi connectivity index (χ4n) is 1.78. The number of carbonyl (C=O) groups is 1. The van der Waals surface area contributed by atoms with Crippen molar-refractivity contribution >= 4 is 18.4 Å². The molecule has 0 heterocycles. The van der Waals surface area contributed by atoms with Crippen LogP contribution in [0.2, 0.25) is 0 Å². The molecule has 0 aliphatic heterocycles. The molecule has 1 saturated carbocycles. The summed E-state index contributed by atoms with van der Waals surface area (Å²) in [6, 6.07) is 0. The minimum absolute atomic E-state index is 0. The maximum Gasteiger partial charge on any atom is 0.417 e. The predicted octanol–water partition coefficient (Wildman–Crippen LogP) is 1.02. The van der Waals surface area contributed by atoms with Gasteiger partial charge in [0.25, 0.3) is 0 Å². The van der Waals surface area contributed by atoms with Crippen molar-refractivity contribution in [1.82, 2.24) is 0 Å². The molecular formula is C8H13ClF3NO3. The van der Waals surface area contributed by atoms with Gasteiger partial charge in [-0.3, -0.25) is 4.79 Å². The highest BCUT2D eigenvalue weighted by Gasteiger charge is 2.70. The van der Waals surface area contributed by atoms with E-state index in [1.807, 2.05) is 0 Å². The Labute approximate surface area is 96.7 Å². The average Bonchev–Trinajstić information content (AvgIpc) is 2.09. The molecule has 0 amide bonds. The molecule has 0 saturated heterocycles. The first-order valence-electron chi connectivity index (χ1n) is 4.20. The number of hydrogen-bond donors (Lipinski definition) is 1. The second kappa shape index (κ2) is 4.38. The van der Waals surface area contributed by atoms with Gasteiger partial charge in [0, 0.05) is 20.0 Å². The summed E-state index contributed by atoms with van der Waals surface area (Å²) in [5.41, 5.74) is 1.56. The van der Waals surface area contributed by atoms with E-state index in [0.717, 1.165) is 14.2 Å². The monoisotopic (exact) mass is 263 g/mol. The molecule has 1 fully saturated rings. The van der Waals surface area contributed by atoms with Crippen molar-refractivity contribution in [2.24, 2.45) is 5.73 Å². The number of halogens is 4. The third kappa shape index (κ3) is 2.11. The molecule has 0 aromatic carbocycles. The van der Waals surface area contributed by atoms with Gasteiger partial charge in [-0.2, -0.15) is 13.2 Å². The van der Waals surface area contributed by atoms with Gasteiger partial charge < -0.3 is 15.2 Å². The van der Waals surface area contributed by atoms with Crippen molar-refractivity contribution in [3.05, 3.63) is 0 Å². The molecule has 96 valence electrons. The maximum atomic E-state index is 12.5. The van der Waals surface area contributed by atoms with Crippen LogP contribution in [0.15, 0.2) is 0 Å². The Morgan fingerprint density at radius 2 is 1.75 bits per heavy atom. The molecule has 0 aromatic rings. The molecule has 1 rings (SSSR count). The number of rotatable bonds is 2. The molecule has 0 spiro atoms. The molecule has 8 heteroatoms. The summed E-state index contributed by atoms with van der Waals surface area (Å²) in [4.78, 5) is 11.1. The summed E-state index contributed by atoms with van der Waals surface area (Å²) in [6.07, 6.45) is -5.74. The smallest absolute Gasteiger partial charge is 0.417 e. The van der Waals surface area contributed by atoms with Gasteiger partial charge in [0.05, 0.1) is 7.11 Å². The first kappa shape index (κ1) is 15.5. The number of hydrogen-bond acceptors (Lipinski definition) is 4. The van der Waals surface area contributed by atoms with Gasteiger partial charge >= 0.3 is 12.1 Å². The van der Waals surface area contributed by atoms with Crippen molar-refractivity contribution < 1.29 is 27.4 Å². The molecular weight excluding hydrogens is 251 g/mol. The standard InChI is InChI=1S/C8H12F3NO3.ClH/c1-14-5(13)6(12)3-7(4-6,15-2)8(9,10)11;/h3-4,12H2,1-2H3;1H. The van der Waals surface area contributed by atoms with Gasteiger partial charge in [-0.15, -0.1) is 12.4 Å². The van der Waals surface area contributed by atoms with Crippen molar-refractivity contribution in [3.63, 3.8) is 0 Å². The lowest BCUT2D eigenvalue weighted by Gasteiger charge is -2.51. The average molecular weight is 264 g/mol. The van der Waals surface area contributed by atoms with E-state index < -0.39 is 36.1 Å². The third-order valence-electron chi connectivity index (χ3n) is 2.70. The summed E-state index contributed by atoms with van der Waals surface area (Å²) < 4.78 is 46.3. The number of alkyl halides is 3. The van der Waals surface area contributed by atoms with Gasteiger partial charge in [0.15, 0.2) is 5.60 Å². The lowest BCUT2D eigenvalue weighted by Crippen LogP contribution is -2.72. The number of esters is 1. The highest BCUT2D eigenvalue weighted by atomic mass is 35.5. The van der Waals surface area contributed by atoms with Crippen LogP contribution in [0.1, 0.15) is 12.8 Å². The Morgan fingerprint density at radius 3 is 2.00 bits per heavy atom. The highest BCUT2D eigenvalue weighted by Crippen LogP contribution is 2.52. The van der Waals surface area contributed by atoms with Crippen molar-refractivity contribution in [2.45, 2.75) is 30.2 Å². The molecule has 0 bridgehead atoms. The van der Waals surface area contributed by atoms with Crippen LogP contribution in [-0.2, 0) is 14.3 Å². The summed E-state index contributed by atoms with van der Waals surface area (Å²) in [6.45, 7) is 0. The maximum absolute atomic E-state index is 12.5. The van der Waals surface area contributed by atoms with E-state index in [1.165, 1.54) is 0 Å². The Bertz CT molecular complexity index is 276. The fourth-order valence-corrected chi connectivity index (χ4v) is 1.78. The third-order valence-corrected chi connectivity index (χ3v) is 2.70. The van der Waals surface area contributed by atoms with Crippen molar-refractivity contribution in [1.29, 1.82) is 0 Å². The Balaban J connectivity index is 0.00000225. The van der Waals surface area contributed by atoms with Crippen LogP contribution in [0.5, 0.6) is 0 Å². The zero-order valence-electron chi connectivity index (χ0n) is 8.76. The van der Waals surface area contributed by atoms with Crippen LogP contribution in [0, 0.1) is 0 Å². The molecule has 2 N–H and O–H groups in total. The Kier molecular flexibility index (Phi) is 4.24. The van der Waals surface area contributed by atoms with Gasteiger partial charge in [-0.1, -0.05) is 0 Å². The van der Waals surface area contributed by atoms with E-state index >= 15 is 0 Å². The van der Waals surface area contributed by atoms with Gasteiger partial charge in [0.2, 0.25) is 0 Å². The largest absolute Gasteiger partial charge is 0.468 e. The molecule has 1 aliphatic rings. The SMILES string of the molecule is COC(=O)C1(N)CC(OC)(C(F)(F)F)C1.Cl. The lowest BCUT2D eigenvalue weighted by molar-refractivity contribution is -0.310. The van der Waals surface area contributed by atoms with Crippen LogP contribution >= 0.6 is 12.4 Å². The van der Waals surface area contributed by atoms with E-state index in [-0.39, 0.29) is 12.4 Å². The summed E-state index contributed by atoms with van der Waals surface area (Å²) >= 11 is 0. The van der Waals surface area contributed by atoms with Crippen LogP contribution in [0.4, 0.5) is 13.2 Å². The number of nitrogens with two attached hydrogens (primary N) is 1. The minimum atomic E-state index is -4.53. The molecule has 0 aromatic heterocycles. The molecule has 0 atom stereocenters. The zero-order valence-corrected chi connectivity index (χ0v) is 9.57. The van der Waals surface area contributed by atoms with Gasteiger partial charge in [-0.05, 0) is 0 Å². The number of ether oxygens (including phenoxy) is 2.